The number of hydrogen-bond donors (Lipinski definition) is 0. The molecule has 0 aliphatic rings. The molecule has 27 heavy (non-hydrogen) atoms. The van der Waals surface area contributed by atoms with Gasteiger partial charge in [-0.05, 0) is 44.6 Å². The number of amides is 1. The molecule has 8 heteroatoms. The van der Waals surface area contributed by atoms with E-state index >= 15 is 0 Å². The zero-order chi connectivity index (χ0) is 19.6. The minimum atomic E-state index is -0.725. The van der Waals surface area contributed by atoms with Gasteiger partial charge in [0.1, 0.15) is 11.3 Å². The second kappa shape index (κ2) is 8.33. The molecule has 2 aromatic carbocycles. The van der Waals surface area contributed by atoms with E-state index in [1.807, 2.05) is 43.5 Å². The number of carbonyl (C=O) groups excluding carboxylic acids is 1. The van der Waals surface area contributed by atoms with Crippen LogP contribution in [-0.2, 0) is 0 Å². The van der Waals surface area contributed by atoms with Crippen molar-refractivity contribution in [2.24, 2.45) is 0 Å². The number of nitrogens with zero attached hydrogens (tertiary/aromatic N) is 3. The number of fused-ring (bicyclic) bond motifs is 1. The van der Waals surface area contributed by atoms with Crippen molar-refractivity contribution in [2.45, 2.75) is 4.90 Å². The molecule has 0 fully saturated rings. The van der Waals surface area contributed by atoms with Gasteiger partial charge in [-0.15, -0.1) is 11.8 Å². The van der Waals surface area contributed by atoms with Crippen molar-refractivity contribution in [3.63, 3.8) is 0 Å². The lowest BCUT2D eigenvalue weighted by molar-refractivity contribution is 0.0985. The van der Waals surface area contributed by atoms with Crippen LogP contribution in [0.5, 0.6) is 0 Å². The van der Waals surface area contributed by atoms with Gasteiger partial charge in [0.05, 0.1) is 4.70 Å². The first-order valence-electron chi connectivity index (χ1n) is 8.25. The summed E-state index contributed by atoms with van der Waals surface area (Å²) >= 11 is 2.66. The van der Waals surface area contributed by atoms with Crippen molar-refractivity contribution in [2.75, 3.05) is 38.3 Å². The number of benzene rings is 2. The highest BCUT2D eigenvalue weighted by atomic mass is 32.2. The molecule has 0 saturated carbocycles. The number of rotatable bonds is 6. The summed E-state index contributed by atoms with van der Waals surface area (Å²) in [6, 6.07) is 9.38. The molecule has 0 bridgehead atoms. The summed E-state index contributed by atoms with van der Waals surface area (Å²) in [5, 5.41) is 0.357. The van der Waals surface area contributed by atoms with Gasteiger partial charge in [-0.25, -0.2) is 13.8 Å². The number of thiazole rings is 1. The zero-order valence-electron chi connectivity index (χ0n) is 15.2. The number of aromatic nitrogens is 1. The number of thioether (sulfide) groups is 1. The minimum absolute atomic E-state index is 0.0805. The molecule has 0 aliphatic carbocycles. The average molecular weight is 408 g/mol. The van der Waals surface area contributed by atoms with Gasteiger partial charge in [0.25, 0.3) is 5.91 Å². The number of likely N-dealkylation sites (N-methyl/N-ethyl adjacent to an activating group) is 1. The molecular weight excluding hydrogens is 388 g/mol. The van der Waals surface area contributed by atoms with E-state index in [0.29, 0.717) is 28.5 Å². The molecule has 0 radical (unpaired) electrons. The van der Waals surface area contributed by atoms with Gasteiger partial charge in [0.15, 0.2) is 10.9 Å². The average Bonchev–Trinajstić information content (AvgIpc) is 3.05. The zero-order valence-corrected chi connectivity index (χ0v) is 16.8. The van der Waals surface area contributed by atoms with Gasteiger partial charge in [0.2, 0.25) is 0 Å². The second-order valence-electron chi connectivity index (χ2n) is 6.22. The van der Waals surface area contributed by atoms with E-state index in [0.717, 1.165) is 22.3 Å². The molecule has 3 rings (SSSR count). The normalized spacial score (nSPS) is 11.3. The highest BCUT2D eigenvalue weighted by Gasteiger charge is 2.23. The summed E-state index contributed by atoms with van der Waals surface area (Å²) in [6.45, 7) is 1.000. The quantitative estimate of drug-likeness (QED) is 0.564. The number of anilines is 1. The lowest BCUT2D eigenvalue weighted by Crippen LogP contribution is -2.36. The van der Waals surface area contributed by atoms with Gasteiger partial charge in [-0.3, -0.25) is 9.69 Å². The van der Waals surface area contributed by atoms with Gasteiger partial charge in [-0.1, -0.05) is 17.4 Å². The predicted molar refractivity (Wildman–Crippen MR) is 108 cm³/mol. The van der Waals surface area contributed by atoms with Crippen LogP contribution in [0, 0.1) is 11.6 Å². The molecule has 0 spiro atoms. The summed E-state index contributed by atoms with van der Waals surface area (Å²) in [7, 11) is 3.81. The third-order valence-electron chi connectivity index (χ3n) is 3.97. The van der Waals surface area contributed by atoms with Gasteiger partial charge >= 0.3 is 0 Å². The Morgan fingerprint density at radius 2 is 1.96 bits per heavy atom. The van der Waals surface area contributed by atoms with E-state index in [9.17, 15) is 13.6 Å². The van der Waals surface area contributed by atoms with E-state index in [4.69, 9.17) is 0 Å². The van der Waals surface area contributed by atoms with E-state index in [2.05, 4.69) is 4.98 Å². The van der Waals surface area contributed by atoms with Crippen molar-refractivity contribution < 1.29 is 13.6 Å². The first kappa shape index (κ1) is 19.7. The first-order chi connectivity index (χ1) is 12.9. The Morgan fingerprint density at radius 1 is 1.19 bits per heavy atom. The molecular formula is C19H19F2N3OS2. The Hall–Kier alpha value is -2.03. The van der Waals surface area contributed by atoms with E-state index in [1.165, 1.54) is 11.0 Å². The predicted octanol–water partition coefficient (Wildman–Crippen LogP) is 4.50. The van der Waals surface area contributed by atoms with E-state index in [-0.39, 0.29) is 11.4 Å². The SMILES string of the molecule is CSc1cccc(C(=O)N(CCN(C)C)c2nc3c(F)cc(F)cc3s2)c1. The lowest BCUT2D eigenvalue weighted by Gasteiger charge is -2.22. The molecule has 142 valence electrons. The Bertz CT molecular complexity index is 975. The van der Waals surface area contributed by atoms with Crippen molar-refractivity contribution in [1.29, 1.82) is 0 Å². The van der Waals surface area contributed by atoms with Crippen LogP contribution in [0.25, 0.3) is 10.2 Å². The van der Waals surface area contributed by atoms with E-state index in [1.54, 1.807) is 17.8 Å². The van der Waals surface area contributed by atoms with Crippen molar-refractivity contribution in [3.8, 4) is 0 Å². The van der Waals surface area contributed by atoms with Crippen LogP contribution >= 0.6 is 23.1 Å². The van der Waals surface area contributed by atoms with Crippen molar-refractivity contribution in [1.82, 2.24) is 9.88 Å². The molecule has 3 aromatic rings. The standard InChI is InChI=1S/C19H19F2N3OS2/c1-23(2)7-8-24(18(25)12-5-4-6-14(9-12)26-3)19-22-17-15(21)10-13(20)11-16(17)27-19/h4-6,9-11H,7-8H2,1-3H3. The highest BCUT2D eigenvalue weighted by Crippen LogP contribution is 2.32. The van der Waals surface area contributed by atoms with Crippen LogP contribution in [0.15, 0.2) is 41.3 Å². The van der Waals surface area contributed by atoms with Gasteiger partial charge < -0.3 is 4.90 Å². The Labute approximate surface area is 164 Å². The fourth-order valence-corrected chi connectivity index (χ4v) is 4.05. The largest absolute Gasteiger partial charge is 0.308 e. The first-order valence-corrected chi connectivity index (χ1v) is 10.3. The van der Waals surface area contributed by atoms with Crippen molar-refractivity contribution in [3.05, 3.63) is 53.6 Å². The molecule has 1 aromatic heterocycles. The molecule has 0 atom stereocenters. The molecule has 1 amide bonds. The third-order valence-corrected chi connectivity index (χ3v) is 5.72. The van der Waals surface area contributed by atoms with Crippen LogP contribution in [0.4, 0.5) is 13.9 Å². The maximum absolute atomic E-state index is 14.1. The Morgan fingerprint density at radius 3 is 2.67 bits per heavy atom. The smallest absolute Gasteiger partial charge is 0.260 e. The summed E-state index contributed by atoms with van der Waals surface area (Å²) in [4.78, 5) is 21.9. The maximum atomic E-state index is 14.1. The summed E-state index contributed by atoms with van der Waals surface area (Å²) in [6.07, 6.45) is 1.94. The molecule has 4 nitrogen and oxygen atoms in total. The Kier molecular flexibility index (Phi) is 6.08. The highest BCUT2D eigenvalue weighted by molar-refractivity contribution is 7.98. The third kappa shape index (κ3) is 4.45. The minimum Gasteiger partial charge on any atom is -0.308 e. The monoisotopic (exact) mass is 407 g/mol. The topological polar surface area (TPSA) is 36.4 Å². The molecule has 0 aliphatic heterocycles. The van der Waals surface area contributed by atoms with Gasteiger partial charge in [0, 0.05) is 29.6 Å². The molecule has 0 unspecified atom stereocenters. The molecule has 0 saturated heterocycles. The van der Waals surface area contributed by atoms with Crippen LogP contribution < -0.4 is 4.90 Å². The number of halogens is 2. The number of hydrogen-bond acceptors (Lipinski definition) is 5. The lowest BCUT2D eigenvalue weighted by atomic mass is 10.2. The van der Waals surface area contributed by atoms with E-state index < -0.39 is 11.6 Å². The van der Waals surface area contributed by atoms with Crippen LogP contribution in [0.2, 0.25) is 0 Å². The van der Waals surface area contributed by atoms with Crippen LogP contribution in [-0.4, -0.2) is 49.2 Å². The molecule has 0 N–H and O–H groups in total. The maximum Gasteiger partial charge on any atom is 0.260 e. The van der Waals surface area contributed by atoms with Crippen molar-refractivity contribution >= 4 is 44.4 Å². The van der Waals surface area contributed by atoms with Crippen LogP contribution in [0.3, 0.4) is 0 Å². The Balaban J connectivity index is 2.02. The number of carbonyl (C=O) groups is 1. The summed E-state index contributed by atoms with van der Waals surface area (Å²) in [5.41, 5.74) is 0.614. The molecule has 1 heterocycles. The van der Waals surface area contributed by atoms with Crippen LogP contribution in [0.1, 0.15) is 10.4 Å². The second-order valence-corrected chi connectivity index (χ2v) is 8.11. The fourth-order valence-electron chi connectivity index (χ4n) is 2.56. The fraction of sp³-hybridized carbons (Fsp3) is 0.263. The summed E-state index contributed by atoms with van der Waals surface area (Å²) in [5.74, 6) is -1.60. The van der Waals surface area contributed by atoms with Gasteiger partial charge in [-0.2, -0.15) is 0 Å². The summed E-state index contributed by atoms with van der Waals surface area (Å²) < 4.78 is 27.9.